The largest absolute Gasteiger partial charge is 0.381 e. The van der Waals surface area contributed by atoms with E-state index in [2.05, 4.69) is 31.7 Å². The lowest BCUT2D eigenvalue weighted by Crippen LogP contribution is -2.45. The average molecular weight is 472 g/mol. The number of hydrogen-bond acceptors (Lipinski definition) is 6. The number of anilines is 1. The second kappa shape index (κ2) is 10.4. The van der Waals surface area contributed by atoms with Gasteiger partial charge in [-0.3, -0.25) is 0 Å². The molecule has 3 heterocycles. The summed E-state index contributed by atoms with van der Waals surface area (Å²) in [6.45, 7) is 2.15. The molecule has 1 aliphatic heterocycles. The van der Waals surface area contributed by atoms with E-state index in [0.29, 0.717) is 16.8 Å². The Morgan fingerprint density at radius 1 is 1.10 bits per heavy atom. The molecule has 1 saturated heterocycles. The van der Waals surface area contributed by atoms with Gasteiger partial charge in [-0.15, -0.1) is 0 Å². The summed E-state index contributed by atoms with van der Waals surface area (Å²) in [5.41, 5.74) is 1.97. The van der Waals surface area contributed by atoms with E-state index in [9.17, 15) is 0 Å². The Labute approximate surface area is 196 Å². The molecule has 160 valence electrons. The number of ether oxygens (including phenoxy) is 1. The number of nitrogens with zero attached hydrogens (tertiary/aromatic N) is 3. The van der Waals surface area contributed by atoms with Crippen molar-refractivity contribution >= 4 is 46.4 Å². The van der Waals surface area contributed by atoms with Crippen molar-refractivity contribution in [1.82, 2.24) is 20.3 Å². The maximum atomic E-state index is 6.25. The Morgan fingerprint density at radius 3 is 2.61 bits per heavy atom. The van der Waals surface area contributed by atoms with Gasteiger partial charge in [-0.1, -0.05) is 23.7 Å². The minimum absolute atomic E-state index is 0.0661. The fourth-order valence-electron chi connectivity index (χ4n) is 3.52. The number of thiocarbonyl (C=S) groups is 1. The molecule has 0 saturated carbocycles. The molecule has 1 fully saturated rings. The molecule has 2 N–H and O–H groups in total. The van der Waals surface area contributed by atoms with Gasteiger partial charge >= 0.3 is 0 Å². The molecule has 3 aromatic rings. The fourth-order valence-corrected chi connectivity index (χ4v) is 4.56. The van der Waals surface area contributed by atoms with Crippen molar-refractivity contribution in [2.24, 2.45) is 0 Å². The Kier molecular flexibility index (Phi) is 7.34. The van der Waals surface area contributed by atoms with Crippen LogP contribution in [0.4, 0.5) is 5.69 Å². The van der Waals surface area contributed by atoms with Crippen molar-refractivity contribution < 1.29 is 4.74 Å². The van der Waals surface area contributed by atoms with E-state index in [1.54, 1.807) is 24.7 Å². The first kappa shape index (κ1) is 22.0. The van der Waals surface area contributed by atoms with E-state index in [-0.39, 0.29) is 5.41 Å². The van der Waals surface area contributed by atoms with Gasteiger partial charge in [0.15, 0.2) is 10.3 Å². The summed E-state index contributed by atoms with van der Waals surface area (Å²) in [6.07, 6.45) is 7.00. The van der Waals surface area contributed by atoms with Crippen LogP contribution >= 0.6 is 35.6 Å². The maximum Gasteiger partial charge on any atom is 0.193 e. The monoisotopic (exact) mass is 471 g/mol. The standard InChI is InChI=1S/C22H22ClN5OS2/c23-17-4-1-3-16(13-17)22(7-11-29-12-8-22)15-27-20(30)28-18-5-6-19(26-14-18)31-21-24-9-2-10-25-21/h1-6,9-10,13-14H,7-8,11-12,15H2,(H2,27,28,30). The highest BCUT2D eigenvalue weighted by Crippen LogP contribution is 2.35. The summed E-state index contributed by atoms with van der Waals surface area (Å²) in [4.78, 5) is 12.8. The van der Waals surface area contributed by atoms with Gasteiger partial charge in [0.25, 0.3) is 0 Å². The Hall–Kier alpha value is -2.26. The van der Waals surface area contributed by atoms with Gasteiger partial charge in [0.2, 0.25) is 0 Å². The van der Waals surface area contributed by atoms with Gasteiger partial charge in [-0.2, -0.15) is 0 Å². The number of aromatic nitrogens is 3. The number of benzene rings is 1. The zero-order valence-electron chi connectivity index (χ0n) is 16.8. The second-order valence-corrected chi connectivity index (χ2v) is 9.06. The van der Waals surface area contributed by atoms with E-state index >= 15 is 0 Å². The summed E-state index contributed by atoms with van der Waals surface area (Å²) in [6, 6.07) is 13.7. The van der Waals surface area contributed by atoms with E-state index < -0.39 is 0 Å². The van der Waals surface area contributed by atoms with Crippen LogP contribution in [0.3, 0.4) is 0 Å². The van der Waals surface area contributed by atoms with E-state index in [4.69, 9.17) is 28.6 Å². The Balaban J connectivity index is 1.36. The zero-order valence-corrected chi connectivity index (χ0v) is 19.1. The highest BCUT2D eigenvalue weighted by atomic mass is 35.5. The molecule has 4 rings (SSSR count). The van der Waals surface area contributed by atoms with Crippen molar-refractivity contribution in [2.45, 2.75) is 28.4 Å². The molecule has 6 nitrogen and oxygen atoms in total. The third-order valence-corrected chi connectivity index (χ3v) is 6.53. The first-order valence-electron chi connectivity index (χ1n) is 9.93. The zero-order chi connectivity index (χ0) is 21.5. The van der Waals surface area contributed by atoms with Crippen molar-refractivity contribution in [1.29, 1.82) is 0 Å². The highest BCUT2D eigenvalue weighted by Gasteiger charge is 2.34. The molecule has 1 aliphatic rings. The summed E-state index contributed by atoms with van der Waals surface area (Å²) < 4.78 is 5.60. The SMILES string of the molecule is S=C(NCC1(c2cccc(Cl)c2)CCOCC1)Nc1ccc(Sc2ncccn2)nc1. The van der Waals surface area contributed by atoms with Gasteiger partial charge in [0.05, 0.1) is 11.9 Å². The molecule has 0 spiro atoms. The van der Waals surface area contributed by atoms with Crippen molar-refractivity contribution in [3.63, 3.8) is 0 Å². The summed E-state index contributed by atoms with van der Waals surface area (Å²) in [5.74, 6) is 0. The first-order chi connectivity index (χ1) is 15.1. The van der Waals surface area contributed by atoms with E-state index in [0.717, 1.165) is 41.8 Å². The van der Waals surface area contributed by atoms with Gasteiger partial charge in [0, 0.05) is 42.6 Å². The van der Waals surface area contributed by atoms with Crippen LogP contribution < -0.4 is 10.6 Å². The van der Waals surface area contributed by atoms with Crippen LogP contribution in [-0.4, -0.2) is 39.8 Å². The third-order valence-electron chi connectivity index (χ3n) is 5.21. The molecular formula is C22H22ClN5OS2. The van der Waals surface area contributed by atoms with Gasteiger partial charge in [-0.05, 0) is 72.7 Å². The Bertz CT molecular complexity index is 1010. The third kappa shape index (κ3) is 5.92. The quantitative estimate of drug-likeness (QED) is 0.395. The van der Waals surface area contributed by atoms with Crippen LogP contribution in [0.15, 0.2) is 71.2 Å². The lowest BCUT2D eigenvalue weighted by atomic mass is 9.74. The van der Waals surface area contributed by atoms with Gasteiger partial charge in [-0.25, -0.2) is 15.0 Å². The molecule has 0 unspecified atom stereocenters. The normalized spacial score (nSPS) is 15.3. The smallest absolute Gasteiger partial charge is 0.193 e. The molecular weight excluding hydrogens is 450 g/mol. The van der Waals surface area contributed by atoms with Crippen molar-refractivity contribution in [3.05, 3.63) is 71.6 Å². The van der Waals surface area contributed by atoms with Crippen LogP contribution in [0, 0.1) is 0 Å². The molecule has 2 aromatic heterocycles. The Morgan fingerprint density at radius 2 is 1.90 bits per heavy atom. The lowest BCUT2D eigenvalue weighted by Gasteiger charge is -2.38. The van der Waals surface area contributed by atoms with Gasteiger partial charge < -0.3 is 15.4 Å². The average Bonchev–Trinajstić information content (AvgIpc) is 2.80. The molecule has 0 bridgehead atoms. The lowest BCUT2D eigenvalue weighted by molar-refractivity contribution is 0.0515. The van der Waals surface area contributed by atoms with Crippen LogP contribution in [0.5, 0.6) is 0 Å². The van der Waals surface area contributed by atoms with Crippen molar-refractivity contribution in [2.75, 3.05) is 25.1 Å². The van der Waals surface area contributed by atoms with Gasteiger partial charge in [0.1, 0.15) is 5.03 Å². The number of nitrogens with one attached hydrogen (secondary N) is 2. The van der Waals surface area contributed by atoms with Crippen LogP contribution in [0.2, 0.25) is 5.02 Å². The first-order valence-corrected chi connectivity index (χ1v) is 11.5. The number of hydrogen-bond donors (Lipinski definition) is 2. The van der Waals surface area contributed by atoms with Crippen molar-refractivity contribution in [3.8, 4) is 0 Å². The topological polar surface area (TPSA) is 72.0 Å². The minimum atomic E-state index is -0.0661. The summed E-state index contributed by atoms with van der Waals surface area (Å²) in [5, 5.41) is 9.38. The summed E-state index contributed by atoms with van der Waals surface area (Å²) >= 11 is 13.2. The van der Waals surface area contributed by atoms with Crippen LogP contribution in [-0.2, 0) is 10.2 Å². The van der Waals surface area contributed by atoms with Crippen LogP contribution in [0.1, 0.15) is 18.4 Å². The molecule has 0 atom stereocenters. The van der Waals surface area contributed by atoms with E-state index in [1.807, 2.05) is 30.3 Å². The minimum Gasteiger partial charge on any atom is -0.381 e. The fraction of sp³-hybridized carbons (Fsp3) is 0.273. The predicted octanol–water partition coefficient (Wildman–Crippen LogP) is 4.71. The molecule has 9 heteroatoms. The number of rotatable bonds is 6. The number of halogens is 1. The summed E-state index contributed by atoms with van der Waals surface area (Å²) in [7, 11) is 0. The van der Waals surface area contributed by atoms with Crippen LogP contribution in [0.25, 0.3) is 0 Å². The second-order valence-electron chi connectivity index (χ2n) is 7.23. The molecule has 1 aromatic carbocycles. The maximum absolute atomic E-state index is 6.25. The molecule has 31 heavy (non-hydrogen) atoms. The molecule has 0 radical (unpaired) electrons. The molecule has 0 aliphatic carbocycles. The highest BCUT2D eigenvalue weighted by molar-refractivity contribution is 7.99. The number of pyridine rings is 1. The predicted molar refractivity (Wildman–Crippen MR) is 128 cm³/mol. The molecule has 0 amide bonds. The van der Waals surface area contributed by atoms with E-state index in [1.165, 1.54) is 17.3 Å².